The molecule has 0 spiro atoms. The molecule has 0 unspecified atom stereocenters. The number of benzene rings is 2. The van der Waals surface area contributed by atoms with Gasteiger partial charge in [0.15, 0.2) is 0 Å². The van der Waals surface area contributed by atoms with Gasteiger partial charge in [-0.25, -0.2) is 0 Å². The van der Waals surface area contributed by atoms with Gasteiger partial charge in [0.25, 0.3) is 0 Å². The van der Waals surface area contributed by atoms with E-state index in [2.05, 4.69) is 10.2 Å². The Bertz CT molecular complexity index is 876. The van der Waals surface area contributed by atoms with Gasteiger partial charge in [0, 0.05) is 32.7 Å². The second-order valence-corrected chi connectivity index (χ2v) is 9.09. The molecule has 0 bridgehead atoms. The van der Waals surface area contributed by atoms with Gasteiger partial charge in [-0.05, 0) is 29.9 Å². The Morgan fingerprint density at radius 3 is 2.12 bits per heavy atom. The highest BCUT2D eigenvalue weighted by Gasteiger charge is 2.37. The Kier molecular flexibility index (Phi) is 8.50. The molecule has 1 aliphatic carbocycles. The molecular formula is C27H35N3O3. The number of nitrogens with zero attached hydrogens (tertiary/aromatic N) is 2. The second-order valence-electron chi connectivity index (χ2n) is 9.09. The lowest BCUT2D eigenvalue weighted by atomic mass is 9.95. The topological polar surface area (TPSA) is 61.9 Å². The number of carbonyl (C=O) groups is 2. The minimum atomic E-state index is -0.109. The van der Waals surface area contributed by atoms with E-state index in [1.165, 1.54) is 12.8 Å². The predicted molar refractivity (Wildman–Crippen MR) is 128 cm³/mol. The highest BCUT2D eigenvalue weighted by molar-refractivity contribution is 5.82. The van der Waals surface area contributed by atoms with Crippen molar-refractivity contribution >= 4 is 11.8 Å². The zero-order chi connectivity index (χ0) is 22.9. The number of rotatable bonds is 9. The highest BCUT2D eigenvalue weighted by Crippen LogP contribution is 2.31. The number of piperazine rings is 1. The average molecular weight is 450 g/mol. The fourth-order valence-electron chi connectivity index (χ4n) is 5.01. The standard InChI is InChI=1S/C27H35N3O3/c31-25(21-33-20-23-11-5-2-6-12-23)29-15-17-30(18-16-29)26(24-13-7-8-14-24)27(32)28-19-22-9-3-1-4-10-22/h1-6,9-12,24,26H,7-8,13-21H2,(H,28,32)/t26-/m0/s1. The predicted octanol–water partition coefficient (Wildman–Crippen LogP) is 3.22. The van der Waals surface area contributed by atoms with E-state index in [1.54, 1.807) is 0 Å². The maximum atomic E-state index is 13.2. The summed E-state index contributed by atoms with van der Waals surface area (Å²) in [5, 5.41) is 3.17. The molecule has 1 N–H and O–H groups in total. The molecule has 4 rings (SSSR count). The molecule has 1 saturated heterocycles. The van der Waals surface area contributed by atoms with Gasteiger partial charge in [0.1, 0.15) is 6.61 Å². The van der Waals surface area contributed by atoms with Crippen molar-refractivity contribution in [1.82, 2.24) is 15.1 Å². The summed E-state index contributed by atoms with van der Waals surface area (Å²) in [6, 6.07) is 19.8. The lowest BCUT2D eigenvalue weighted by Crippen LogP contribution is -2.58. The normalized spacial score (nSPS) is 18.2. The maximum absolute atomic E-state index is 13.2. The number of nitrogens with one attached hydrogen (secondary N) is 1. The Hall–Kier alpha value is -2.70. The van der Waals surface area contributed by atoms with E-state index >= 15 is 0 Å². The first-order chi connectivity index (χ1) is 16.2. The minimum absolute atomic E-state index is 0.0246. The van der Waals surface area contributed by atoms with Crippen LogP contribution in [0.1, 0.15) is 36.8 Å². The van der Waals surface area contributed by atoms with Gasteiger partial charge in [0.05, 0.1) is 12.6 Å². The number of carbonyl (C=O) groups excluding carboxylic acids is 2. The first-order valence-electron chi connectivity index (χ1n) is 12.2. The zero-order valence-electron chi connectivity index (χ0n) is 19.3. The van der Waals surface area contributed by atoms with Gasteiger partial charge in [-0.2, -0.15) is 0 Å². The highest BCUT2D eigenvalue weighted by atomic mass is 16.5. The molecule has 0 radical (unpaired) electrons. The average Bonchev–Trinajstić information content (AvgIpc) is 3.39. The molecule has 6 heteroatoms. The Morgan fingerprint density at radius 1 is 0.879 bits per heavy atom. The summed E-state index contributed by atoms with van der Waals surface area (Å²) in [4.78, 5) is 30.0. The number of ether oxygens (including phenoxy) is 1. The molecule has 1 aliphatic heterocycles. The molecule has 2 aromatic carbocycles. The van der Waals surface area contributed by atoms with Crippen LogP contribution >= 0.6 is 0 Å². The van der Waals surface area contributed by atoms with Crippen molar-refractivity contribution in [1.29, 1.82) is 0 Å². The lowest BCUT2D eigenvalue weighted by Gasteiger charge is -2.40. The summed E-state index contributed by atoms with van der Waals surface area (Å²) in [7, 11) is 0. The number of amides is 2. The molecule has 1 heterocycles. The van der Waals surface area contributed by atoms with Crippen LogP contribution in [0.3, 0.4) is 0 Å². The molecule has 6 nitrogen and oxygen atoms in total. The summed E-state index contributed by atoms with van der Waals surface area (Å²) in [5.41, 5.74) is 2.18. The molecule has 2 aliphatic rings. The maximum Gasteiger partial charge on any atom is 0.248 e. The molecule has 2 aromatic rings. The van der Waals surface area contributed by atoms with Crippen LogP contribution in [-0.2, 0) is 27.5 Å². The smallest absolute Gasteiger partial charge is 0.248 e. The molecule has 176 valence electrons. The summed E-state index contributed by atoms with van der Waals surface area (Å²) in [6.07, 6.45) is 4.61. The van der Waals surface area contributed by atoms with Crippen molar-refractivity contribution in [2.75, 3.05) is 32.8 Å². The first kappa shape index (κ1) is 23.5. The van der Waals surface area contributed by atoms with Crippen LogP contribution in [0, 0.1) is 5.92 Å². The number of hydrogen-bond acceptors (Lipinski definition) is 4. The Balaban J connectivity index is 1.27. The minimum Gasteiger partial charge on any atom is -0.367 e. The van der Waals surface area contributed by atoms with E-state index in [4.69, 9.17) is 4.74 Å². The van der Waals surface area contributed by atoms with Crippen molar-refractivity contribution in [3.8, 4) is 0 Å². The van der Waals surface area contributed by atoms with E-state index in [1.807, 2.05) is 65.6 Å². The number of hydrogen-bond donors (Lipinski definition) is 1. The quantitative estimate of drug-likeness (QED) is 0.639. The van der Waals surface area contributed by atoms with Crippen LogP contribution < -0.4 is 5.32 Å². The van der Waals surface area contributed by atoms with Crippen molar-refractivity contribution in [2.45, 2.75) is 44.9 Å². The molecule has 33 heavy (non-hydrogen) atoms. The van der Waals surface area contributed by atoms with Gasteiger partial charge >= 0.3 is 0 Å². The van der Waals surface area contributed by atoms with Crippen LogP contribution in [0.5, 0.6) is 0 Å². The third kappa shape index (κ3) is 6.65. The Labute approximate surface area is 196 Å². The third-order valence-corrected chi connectivity index (χ3v) is 6.82. The molecule has 1 atom stereocenters. The van der Waals surface area contributed by atoms with Crippen LogP contribution in [0.4, 0.5) is 0 Å². The fraction of sp³-hybridized carbons (Fsp3) is 0.481. The van der Waals surface area contributed by atoms with Crippen LogP contribution in [-0.4, -0.2) is 60.4 Å². The monoisotopic (exact) mass is 449 g/mol. The van der Waals surface area contributed by atoms with Crippen LogP contribution in [0.2, 0.25) is 0 Å². The molecule has 1 saturated carbocycles. The molecule has 2 amide bonds. The van der Waals surface area contributed by atoms with Crippen molar-refractivity contribution in [3.05, 3.63) is 71.8 Å². The van der Waals surface area contributed by atoms with Crippen LogP contribution in [0.15, 0.2) is 60.7 Å². The van der Waals surface area contributed by atoms with Crippen molar-refractivity contribution in [2.24, 2.45) is 5.92 Å². The summed E-state index contributed by atoms with van der Waals surface area (Å²) >= 11 is 0. The van der Waals surface area contributed by atoms with Crippen LogP contribution in [0.25, 0.3) is 0 Å². The van der Waals surface area contributed by atoms with Crippen molar-refractivity contribution < 1.29 is 14.3 Å². The summed E-state index contributed by atoms with van der Waals surface area (Å²) < 4.78 is 5.63. The molecule has 0 aromatic heterocycles. The summed E-state index contributed by atoms with van der Waals surface area (Å²) in [6.45, 7) is 3.83. The molecule has 2 fully saturated rings. The van der Waals surface area contributed by atoms with Gasteiger partial charge in [0.2, 0.25) is 11.8 Å². The largest absolute Gasteiger partial charge is 0.367 e. The van der Waals surface area contributed by atoms with Gasteiger partial charge in [-0.1, -0.05) is 73.5 Å². The first-order valence-corrected chi connectivity index (χ1v) is 12.2. The van der Waals surface area contributed by atoms with E-state index in [0.717, 1.165) is 37.1 Å². The van der Waals surface area contributed by atoms with E-state index < -0.39 is 0 Å². The molecular weight excluding hydrogens is 414 g/mol. The van der Waals surface area contributed by atoms with E-state index in [-0.39, 0.29) is 24.5 Å². The Morgan fingerprint density at radius 2 is 1.48 bits per heavy atom. The van der Waals surface area contributed by atoms with Crippen molar-refractivity contribution in [3.63, 3.8) is 0 Å². The van der Waals surface area contributed by atoms with Gasteiger partial charge in [-0.3, -0.25) is 14.5 Å². The second kappa shape index (κ2) is 12.0. The third-order valence-electron chi connectivity index (χ3n) is 6.82. The fourth-order valence-corrected chi connectivity index (χ4v) is 5.01. The SMILES string of the molecule is O=C(NCc1ccccc1)[C@H](C1CCCC1)N1CCN(C(=O)COCc2ccccc2)CC1. The lowest BCUT2D eigenvalue weighted by molar-refractivity contribution is -0.139. The van der Waals surface area contributed by atoms with E-state index in [9.17, 15) is 9.59 Å². The van der Waals surface area contributed by atoms with E-state index in [0.29, 0.717) is 32.2 Å². The van der Waals surface area contributed by atoms with Gasteiger partial charge in [-0.15, -0.1) is 0 Å². The zero-order valence-corrected chi connectivity index (χ0v) is 19.3. The summed E-state index contributed by atoms with van der Waals surface area (Å²) in [5.74, 6) is 0.547. The van der Waals surface area contributed by atoms with Gasteiger partial charge < -0.3 is 15.0 Å².